The minimum atomic E-state index is -0.810. The molecule has 1 rings (SSSR count). The summed E-state index contributed by atoms with van der Waals surface area (Å²) in [4.78, 5) is 1.27. The van der Waals surface area contributed by atoms with Crippen molar-refractivity contribution >= 4 is 11.8 Å². The van der Waals surface area contributed by atoms with Crippen molar-refractivity contribution in [2.75, 3.05) is 12.3 Å². The molecule has 3 heteroatoms. The van der Waals surface area contributed by atoms with E-state index in [1.54, 1.807) is 0 Å². The molecule has 0 aromatic heterocycles. The number of aliphatic hydroxyl groups is 1. The van der Waals surface area contributed by atoms with E-state index in [-0.39, 0.29) is 0 Å². The van der Waals surface area contributed by atoms with Crippen LogP contribution in [0.2, 0.25) is 0 Å². The number of hydrogen-bond acceptors (Lipinski definition) is 3. The summed E-state index contributed by atoms with van der Waals surface area (Å²) in [5.74, 6) is 1.90. The minimum absolute atomic E-state index is 0.498. The van der Waals surface area contributed by atoms with Gasteiger partial charge in [0.15, 0.2) is 0 Å². The van der Waals surface area contributed by atoms with Gasteiger partial charge in [-0.3, -0.25) is 0 Å². The molecule has 1 atom stereocenters. The molecular weight excluding hydrogens is 242 g/mol. The molecule has 0 fully saturated rings. The van der Waals surface area contributed by atoms with Crippen LogP contribution in [0, 0.1) is 5.92 Å². The van der Waals surface area contributed by atoms with E-state index in [1.807, 2.05) is 30.8 Å². The third-order valence-corrected chi connectivity index (χ3v) is 4.12. The Morgan fingerprint density at radius 3 is 2.39 bits per heavy atom. The van der Waals surface area contributed by atoms with Crippen LogP contribution in [0.25, 0.3) is 0 Å². The van der Waals surface area contributed by atoms with Crippen molar-refractivity contribution in [1.82, 2.24) is 0 Å². The highest BCUT2D eigenvalue weighted by Gasteiger charge is 2.21. The van der Waals surface area contributed by atoms with Gasteiger partial charge in [0.25, 0.3) is 0 Å². The molecule has 3 N–H and O–H groups in total. The number of benzene rings is 1. The minimum Gasteiger partial charge on any atom is -0.385 e. The molecule has 0 amide bonds. The van der Waals surface area contributed by atoms with E-state index in [1.165, 1.54) is 11.3 Å². The second-order valence-electron chi connectivity index (χ2n) is 5.37. The van der Waals surface area contributed by atoms with Crippen molar-refractivity contribution in [2.24, 2.45) is 11.7 Å². The summed E-state index contributed by atoms with van der Waals surface area (Å²) in [6, 6.07) is 8.19. The Balaban J connectivity index is 2.57. The topological polar surface area (TPSA) is 46.2 Å². The van der Waals surface area contributed by atoms with Gasteiger partial charge in [0, 0.05) is 4.90 Å². The maximum absolute atomic E-state index is 10.2. The molecule has 0 bridgehead atoms. The molecular formula is C15H25NOS. The first kappa shape index (κ1) is 15.5. The second-order valence-corrected chi connectivity index (χ2v) is 6.54. The standard InChI is InChI=1S/C15H25NOS/c1-12(2)8-11-18-14-6-4-13(5-7-14)15(3,17)9-10-16/h4-7,12,17H,8-11,16H2,1-3H3. The first-order chi connectivity index (χ1) is 8.45. The molecule has 0 aliphatic carbocycles. The molecule has 0 radical (unpaired) electrons. The van der Waals surface area contributed by atoms with Crippen molar-refractivity contribution in [3.63, 3.8) is 0 Å². The fourth-order valence-electron chi connectivity index (χ4n) is 1.75. The molecule has 0 heterocycles. The van der Waals surface area contributed by atoms with E-state index >= 15 is 0 Å². The SMILES string of the molecule is CC(C)CCSc1ccc(C(C)(O)CCN)cc1. The van der Waals surface area contributed by atoms with Gasteiger partial charge in [-0.15, -0.1) is 11.8 Å². The monoisotopic (exact) mass is 267 g/mol. The van der Waals surface area contributed by atoms with Crippen LogP contribution in [0.4, 0.5) is 0 Å². The summed E-state index contributed by atoms with van der Waals surface area (Å²) in [7, 11) is 0. The Hall–Kier alpha value is -0.510. The number of nitrogens with two attached hydrogens (primary N) is 1. The largest absolute Gasteiger partial charge is 0.385 e. The third kappa shape index (κ3) is 5.01. The Bertz CT molecular complexity index is 346. The first-order valence-electron chi connectivity index (χ1n) is 6.61. The number of rotatable bonds is 7. The van der Waals surface area contributed by atoms with Gasteiger partial charge in [-0.1, -0.05) is 26.0 Å². The molecule has 1 aromatic rings. The molecule has 1 aromatic carbocycles. The molecule has 0 spiro atoms. The van der Waals surface area contributed by atoms with Gasteiger partial charge < -0.3 is 10.8 Å². The second kappa shape index (κ2) is 7.17. The number of thioether (sulfide) groups is 1. The van der Waals surface area contributed by atoms with E-state index in [2.05, 4.69) is 26.0 Å². The van der Waals surface area contributed by atoms with Crippen LogP contribution >= 0.6 is 11.8 Å². The zero-order valence-corrected chi connectivity index (χ0v) is 12.5. The first-order valence-corrected chi connectivity index (χ1v) is 7.60. The van der Waals surface area contributed by atoms with Crippen molar-refractivity contribution in [3.05, 3.63) is 29.8 Å². The predicted molar refractivity (Wildman–Crippen MR) is 79.9 cm³/mol. The lowest BCUT2D eigenvalue weighted by atomic mass is 9.93. The van der Waals surface area contributed by atoms with Crippen LogP contribution in [0.15, 0.2) is 29.2 Å². The molecule has 0 saturated heterocycles. The van der Waals surface area contributed by atoms with Gasteiger partial charge in [-0.25, -0.2) is 0 Å². The molecule has 0 aliphatic heterocycles. The third-order valence-electron chi connectivity index (χ3n) is 3.07. The van der Waals surface area contributed by atoms with Gasteiger partial charge in [0.1, 0.15) is 0 Å². The fourth-order valence-corrected chi connectivity index (χ4v) is 2.90. The van der Waals surface area contributed by atoms with Crippen LogP contribution in [0.3, 0.4) is 0 Å². The van der Waals surface area contributed by atoms with E-state index in [0.29, 0.717) is 13.0 Å². The number of hydrogen-bond donors (Lipinski definition) is 2. The van der Waals surface area contributed by atoms with Crippen LogP contribution < -0.4 is 5.73 Å². The Morgan fingerprint density at radius 2 is 1.89 bits per heavy atom. The molecule has 102 valence electrons. The average molecular weight is 267 g/mol. The van der Waals surface area contributed by atoms with Gasteiger partial charge in [0.2, 0.25) is 0 Å². The normalized spacial score (nSPS) is 14.8. The smallest absolute Gasteiger partial charge is 0.0880 e. The lowest BCUT2D eigenvalue weighted by molar-refractivity contribution is 0.0504. The highest BCUT2D eigenvalue weighted by molar-refractivity contribution is 7.99. The van der Waals surface area contributed by atoms with Crippen molar-refractivity contribution < 1.29 is 5.11 Å². The van der Waals surface area contributed by atoms with Gasteiger partial charge in [0.05, 0.1) is 5.60 Å². The van der Waals surface area contributed by atoms with Crippen molar-refractivity contribution in [1.29, 1.82) is 0 Å². The molecule has 18 heavy (non-hydrogen) atoms. The summed E-state index contributed by atoms with van der Waals surface area (Å²) < 4.78 is 0. The van der Waals surface area contributed by atoms with Crippen LogP contribution in [-0.4, -0.2) is 17.4 Å². The Labute approximate surface area is 115 Å². The van der Waals surface area contributed by atoms with Crippen LogP contribution in [0.5, 0.6) is 0 Å². The molecule has 2 nitrogen and oxygen atoms in total. The van der Waals surface area contributed by atoms with Crippen LogP contribution in [-0.2, 0) is 5.60 Å². The van der Waals surface area contributed by atoms with Gasteiger partial charge >= 0.3 is 0 Å². The predicted octanol–water partition coefficient (Wildman–Crippen LogP) is 3.38. The summed E-state index contributed by atoms with van der Waals surface area (Å²) in [6.45, 7) is 6.81. The molecule has 0 saturated carbocycles. The lowest BCUT2D eigenvalue weighted by Crippen LogP contribution is -2.24. The van der Waals surface area contributed by atoms with Gasteiger partial charge in [-0.2, -0.15) is 0 Å². The molecule has 0 aliphatic rings. The zero-order chi connectivity index (χ0) is 13.6. The zero-order valence-electron chi connectivity index (χ0n) is 11.6. The highest BCUT2D eigenvalue weighted by atomic mass is 32.2. The van der Waals surface area contributed by atoms with Crippen molar-refractivity contribution in [2.45, 2.75) is 44.1 Å². The van der Waals surface area contributed by atoms with Crippen molar-refractivity contribution in [3.8, 4) is 0 Å². The Kier molecular flexibility index (Phi) is 6.19. The van der Waals surface area contributed by atoms with Gasteiger partial charge in [-0.05, 0) is 55.7 Å². The summed E-state index contributed by atoms with van der Waals surface area (Å²) in [5, 5.41) is 10.2. The summed E-state index contributed by atoms with van der Waals surface area (Å²) in [6.07, 6.45) is 1.82. The summed E-state index contributed by atoms with van der Waals surface area (Å²) >= 11 is 1.88. The Morgan fingerprint density at radius 1 is 1.28 bits per heavy atom. The maximum Gasteiger partial charge on any atom is 0.0880 e. The van der Waals surface area contributed by atoms with E-state index in [4.69, 9.17) is 5.73 Å². The lowest BCUT2D eigenvalue weighted by Gasteiger charge is -2.23. The van der Waals surface area contributed by atoms with Crippen LogP contribution in [0.1, 0.15) is 39.2 Å². The van der Waals surface area contributed by atoms with E-state index in [0.717, 1.165) is 17.2 Å². The highest BCUT2D eigenvalue weighted by Crippen LogP contribution is 2.27. The average Bonchev–Trinajstić information content (AvgIpc) is 2.29. The van der Waals surface area contributed by atoms with E-state index in [9.17, 15) is 5.11 Å². The summed E-state index contributed by atoms with van der Waals surface area (Å²) in [5.41, 5.74) is 5.65. The quantitative estimate of drug-likeness (QED) is 0.744. The fraction of sp³-hybridized carbons (Fsp3) is 0.600. The van der Waals surface area contributed by atoms with E-state index < -0.39 is 5.60 Å². The maximum atomic E-state index is 10.2. The molecule has 1 unspecified atom stereocenters.